The largest absolute Gasteiger partial charge is 0.389 e. The van der Waals surface area contributed by atoms with Gasteiger partial charge in [-0.05, 0) is 13.8 Å². The van der Waals surface area contributed by atoms with Gasteiger partial charge in [-0.2, -0.15) is 0 Å². The molecule has 0 saturated carbocycles. The number of hydrogen-bond donors (Lipinski definition) is 2. The zero-order valence-corrected chi connectivity index (χ0v) is 8.94. The highest BCUT2D eigenvalue weighted by Crippen LogP contribution is 2.16. The summed E-state index contributed by atoms with van der Waals surface area (Å²) in [7, 11) is 0. The molecule has 0 aromatic carbocycles. The Labute approximate surface area is 85.2 Å². The molecule has 0 bridgehead atoms. The van der Waals surface area contributed by atoms with Crippen LogP contribution in [-0.2, 0) is 4.74 Å². The minimum atomic E-state index is -0.299. The fourth-order valence-electron chi connectivity index (χ4n) is 2.52. The number of nitrogens with one attached hydrogen (secondary N) is 1. The number of ether oxygens (including phenoxy) is 1. The molecule has 4 atom stereocenters. The molecule has 2 aliphatic rings. The van der Waals surface area contributed by atoms with E-state index in [1.807, 2.05) is 0 Å². The van der Waals surface area contributed by atoms with E-state index in [-0.39, 0.29) is 12.1 Å². The molecule has 0 radical (unpaired) electrons. The van der Waals surface area contributed by atoms with Gasteiger partial charge in [0.25, 0.3) is 0 Å². The van der Waals surface area contributed by atoms with E-state index in [0.29, 0.717) is 25.3 Å². The predicted molar refractivity (Wildman–Crippen MR) is 54.2 cm³/mol. The molecule has 2 fully saturated rings. The molecule has 0 spiro atoms. The van der Waals surface area contributed by atoms with Crippen molar-refractivity contribution in [2.75, 3.05) is 26.3 Å². The smallest absolute Gasteiger partial charge is 0.0950 e. The molecule has 2 aliphatic heterocycles. The van der Waals surface area contributed by atoms with Gasteiger partial charge in [0, 0.05) is 25.2 Å². The number of hydrogen-bond acceptors (Lipinski definition) is 4. The van der Waals surface area contributed by atoms with Gasteiger partial charge in [0.05, 0.1) is 25.4 Å². The molecule has 0 aromatic heterocycles. The van der Waals surface area contributed by atoms with Gasteiger partial charge < -0.3 is 15.2 Å². The molecule has 2 rings (SSSR count). The van der Waals surface area contributed by atoms with Crippen molar-refractivity contribution in [3.05, 3.63) is 0 Å². The van der Waals surface area contributed by atoms with Gasteiger partial charge in [0.1, 0.15) is 0 Å². The van der Waals surface area contributed by atoms with E-state index >= 15 is 0 Å². The summed E-state index contributed by atoms with van der Waals surface area (Å²) in [4.78, 5) is 2.35. The van der Waals surface area contributed by atoms with Gasteiger partial charge in [-0.1, -0.05) is 0 Å². The first-order chi connectivity index (χ1) is 6.66. The molecular weight excluding hydrogens is 180 g/mol. The lowest BCUT2D eigenvalue weighted by Gasteiger charge is -2.39. The Hall–Kier alpha value is -0.160. The summed E-state index contributed by atoms with van der Waals surface area (Å²) in [6, 6.07) is 1.22. The van der Waals surface area contributed by atoms with Crippen molar-refractivity contribution >= 4 is 0 Å². The first kappa shape index (κ1) is 10.4. The number of nitrogens with zero attached hydrogens (tertiary/aromatic N) is 1. The Morgan fingerprint density at radius 3 is 2.36 bits per heavy atom. The van der Waals surface area contributed by atoms with Crippen LogP contribution in [0, 0.1) is 0 Å². The predicted octanol–water partition coefficient (Wildman–Crippen LogP) is -0.572. The van der Waals surface area contributed by atoms with Crippen LogP contribution in [0.15, 0.2) is 0 Å². The van der Waals surface area contributed by atoms with Crippen molar-refractivity contribution in [1.29, 1.82) is 0 Å². The van der Waals surface area contributed by atoms with E-state index in [4.69, 9.17) is 4.74 Å². The van der Waals surface area contributed by atoms with Crippen molar-refractivity contribution in [3.8, 4) is 0 Å². The minimum Gasteiger partial charge on any atom is -0.389 e. The maximum Gasteiger partial charge on any atom is 0.0950 e. The first-order valence-corrected chi connectivity index (χ1v) is 5.42. The van der Waals surface area contributed by atoms with Gasteiger partial charge in [-0.15, -0.1) is 0 Å². The molecule has 2 N–H and O–H groups in total. The lowest BCUT2D eigenvalue weighted by Crippen LogP contribution is -2.59. The highest BCUT2D eigenvalue weighted by Gasteiger charge is 2.34. The molecule has 4 heteroatoms. The van der Waals surface area contributed by atoms with Crippen molar-refractivity contribution in [3.63, 3.8) is 0 Å². The molecule has 0 aromatic rings. The van der Waals surface area contributed by atoms with Crippen LogP contribution in [-0.4, -0.2) is 60.5 Å². The Bertz CT molecular complexity index is 191. The number of aliphatic hydroxyl groups excluding tert-OH is 1. The van der Waals surface area contributed by atoms with E-state index in [1.54, 1.807) is 0 Å². The first-order valence-electron chi connectivity index (χ1n) is 5.42. The summed E-state index contributed by atoms with van der Waals surface area (Å²) in [5.41, 5.74) is 0. The highest BCUT2D eigenvalue weighted by molar-refractivity contribution is 4.90. The molecule has 2 heterocycles. The van der Waals surface area contributed by atoms with Crippen molar-refractivity contribution < 1.29 is 9.84 Å². The Kier molecular flexibility index (Phi) is 3.07. The molecule has 2 unspecified atom stereocenters. The summed E-state index contributed by atoms with van der Waals surface area (Å²) in [5, 5.41) is 13.2. The third-order valence-electron chi connectivity index (χ3n) is 3.08. The summed E-state index contributed by atoms with van der Waals surface area (Å²) in [6.07, 6.45) is -0.299. The van der Waals surface area contributed by atoms with Crippen LogP contribution in [0.5, 0.6) is 0 Å². The molecule has 0 amide bonds. The van der Waals surface area contributed by atoms with Crippen molar-refractivity contribution in [2.24, 2.45) is 0 Å². The number of rotatable bonds is 1. The second-order valence-corrected chi connectivity index (χ2v) is 4.59. The number of piperazine rings is 1. The SMILES string of the molecule is CC1CN([C@H]2COC[C@@H]2O)CC(C)N1. The summed E-state index contributed by atoms with van der Waals surface area (Å²) in [5.74, 6) is 0. The Balaban J connectivity index is 1.95. The lowest BCUT2D eigenvalue weighted by molar-refractivity contribution is 0.0541. The van der Waals surface area contributed by atoms with Gasteiger partial charge >= 0.3 is 0 Å². The van der Waals surface area contributed by atoms with Gasteiger partial charge in [0.2, 0.25) is 0 Å². The summed E-state index contributed by atoms with van der Waals surface area (Å²) in [6.45, 7) is 7.57. The second kappa shape index (κ2) is 4.14. The monoisotopic (exact) mass is 200 g/mol. The van der Waals surface area contributed by atoms with Crippen LogP contribution in [0.4, 0.5) is 0 Å². The van der Waals surface area contributed by atoms with Crippen LogP contribution in [0.1, 0.15) is 13.8 Å². The topological polar surface area (TPSA) is 44.7 Å². The summed E-state index contributed by atoms with van der Waals surface area (Å²) >= 11 is 0. The Morgan fingerprint density at radius 1 is 1.21 bits per heavy atom. The van der Waals surface area contributed by atoms with Crippen molar-refractivity contribution in [2.45, 2.75) is 38.1 Å². The third-order valence-corrected chi connectivity index (χ3v) is 3.08. The minimum absolute atomic E-state index is 0.210. The van der Waals surface area contributed by atoms with Crippen molar-refractivity contribution in [1.82, 2.24) is 10.2 Å². The molecule has 82 valence electrons. The molecule has 4 nitrogen and oxygen atoms in total. The van der Waals surface area contributed by atoms with Crippen LogP contribution < -0.4 is 5.32 Å². The normalized spacial score (nSPS) is 45.6. The zero-order chi connectivity index (χ0) is 10.1. The zero-order valence-electron chi connectivity index (χ0n) is 8.94. The van der Waals surface area contributed by atoms with Gasteiger partial charge in [-0.25, -0.2) is 0 Å². The van der Waals surface area contributed by atoms with E-state index in [0.717, 1.165) is 13.1 Å². The van der Waals surface area contributed by atoms with E-state index in [2.05, 4.69) is 24.1 Å². The van der Waals surface area contributed by atoms with Gasteiger partial charge in [0.15, 0.2) is 0 Å². The van der Waals surface area contributed by atoms with E-state index < -0.39 is 0 Å². The molecule has 14 heavy (non-hydrogen) atoms. The molecule has 2 saturated heterocycles. The second-order valence-electron chi connectivity index (χ2n) is 4.59. The van der Waals surface area contributed by atoms with Gasteiger partial charge in [-0.3, -0.25) is 4.90 Å². The van der Waals surface area contributed by atoms with Crippen LogP contribution in [0.3, 0.4) is 0 Å². The standard InChI is InChI=1S/C10H20N2O2/c1-7-3-12(4-8(2)11-7)9-5-14-6-10(9)13/h7-11,13H,3-6H2,1-2H3/t7?,8?,9-,10-/m0/s1. The molecule has 0 aliphatic carbocycles. The average molecular weight is 200 g/mol. The summed E-state index contributed by atoms with van der Waals surface area (Å²) < 4.78 is 5.28. The van der Waals surface area contributed by atoms with Crippen LogP contribution >= 0.6 is 0 Å². The molecular formula is C10H20N2O2. The number of aliphatic hydroxyl groups is 1. The highest BCUT2D eigenvalue weighted by atomic mass is 16.5. The maximum atomic E-state index is 9.73. The van der Waals surface area contributed by atoms with Crippen LogP contribution in [0.2, 0.25) is 0 Å². The van der Waals surface area contributed by atoms with E-state index in [1.165, 1.54) is 0 Å². The quantitative estimate of drug-likeness (QED) is 0.595. The maximum absolute atomic E-state index is 9.73. The fourth-order valence-corrected chi connectivity index (χ4v) is 2.52. The van der Waals surface area contributed by atoms with E-state index in [9.17, 15) is 5.11 Å². The fraction of sp³-hybridized carbons (Fsp3) is 1.00. The lowest BCUT2D eigenvalue weighted by atomic mass is 10.1. The van der Waals surface area contributed by atoms with Crippen LogP contribution in [0.25, 0.3) is 0 Å². The average Bonchev–Trinajstić information content (AvgIpc) is 2.49. The Morgan fingerprint density at radius 2 is 1.86 bits per heavy atom. The third kappa shape index (κ3) is 2.08.